The van der Waals surface area contributed by atoms with Crippen molar-refractivity contribution in [3.8, 4) is 0 Å². The molecule has 2 nitrogen and oxygen atoms in total. The van der Waals surface area contributed by atoms with E-state index in [0.29, 0.717) is 6.04 Å². The first-order valence-electron chi connectivity index (χ1n) is 6.76. The fourth-order valence-corrected chi connectivity index (χ4v) is 3.39. The minimum Gasteiger partial charge on any atom is -0.357 e. The second kappa shape index (κ2) is 3.61. The number of aromatic nitrogens is 1. The molecular formula is C15H18N2. The summed E-state index contributed by atoms with van der Waals surface area (Å²) in [6.45, 7) is 1.13. The first-order chi connectivity index (χ1) is 8.43. The monoisotopic (exact) mass is 226 g/mol. The van der Waals surface area contributed by atoms with Gasteiger partial charge in [0.15, 0.2) is 0 Å². The first kappa shape index (κ1) is 9.72. The molecule has 1 fully saturated rings. The molecule has 0 bridgehead atoms. The van der Waals surface area contributed by atoms with Crippen LogP contribution in [0.25, 0.3) is 10.9 Å². The van der Waals surface area contributed by atoms with Gasteiger partial charge in [0, 0.05) is 16.6 Å². The van der Waals surface area contributed by atoms with Crippen molar-refractivity contribution in [2.24, 2.45) is 5.92 Å². The first-order valence-corrected chi connectivity index (χ1v) is 6.76. The number of fused-ring (bicyclic) bond motifs is 3. The number of benzene rings is 1. The number of H-pyrrole nitrogens is 1. The van der Waals surface area contributed by atoms with Crippen LogP contribution in [0.2, 0.25) is 0 Å². The van der Waals surface area contributed by atoms with Crippen LogP contribution in [0.3, 0.4) is 0 Å². The lowest BCUT2D eigenvalue weighted by Crippen LogP contribution is -2.37. The molecule has 1 saturated carbocycles. The van der Waals surface area contributed by atoms with E-state index in [-0.39, 0.29) is 0 Å². The smallest absolute Gasteiger partial charge is 0.0504 e. The van der Waals surface area contributed by atoms with Gasteiger partial charge in [-0.05, 0) is 43.4 Å². The Morgan fingerprint density at radius 2 is 2.00 bits per heavy atom. The predicted octanol–water partition coefficient (Wildman–Crippen LogP) is 3.15. The minimum atomic E-state index is 0.583. The van der Waals surface area contributed by atoms with Gasteiger partial charge in [0.2, 0.25) is 0 Å². The van der Waals surface area contributed by atoms with Crippen LogP contribution in [0, 0.1) is 5.92 Å². The molecule has 2 heteroatoms. The van der Waals surface area contributed by atoms with E-state index in [2.05, 4.69) is 34.6 Å². The van der Waals surface area contributed by atoms with Crippen molar-refractivity contribution in [2.45, 2.75) is 31.7 Å². The maximum atomic E-state index is 3.71. The number of aromatic amines is 1. The predicted molar refractivity (Wildman–Crippen MR) is 70.1 cm³/mol. The van der Waals surface area contributed by atoms with Gasteiger partial charge in [-0.25, -0.2) is 0 Å². The molecular weight excluding hydrogens is 208 g/mol. The standard InChI is InChI=1S/C15H18N2/c1-2-7-13-11(6-1)12-8-9-16-14(15(12)17-13)10-4-3-5-10/h1-2,6-7,10,14,16-17H,3-5,8-9H2. The summed E-state index contributed by atoms with van der Waals surface area (Å²) < 4.78 is 0. The zero-order chi connectivity index (χ0) is 11.2. The van der Waals surface area contributed by atoms with Crippen LogP contribution in [-0.2, 0) is 6.42 Å². The topological polar surface area (TPSA) is 27.8 Å². The molecule has 1 unspecified atom stereocenters. The molecule has 2 N–H and O–H groups in total. The van der Waals surface area contributed by atoms with Gasteiger partial charge in [0.1, 0.15) is 0 Å². The summed E-state index contributed by atoms with van der Waals surface area (Å²) in [4.78, 5) is 3.65. The highest BCUT2D eigenvalue weighted by atomic mass is 15.0. The highest BCUT2D eigenvalue weighted by Gasteiger charge is 2.33. The summed E-state index contributed by atoms with van der Waals surface area (Å²) in [6, 6.07) is 9.31. The summed E-state index contributed by atoms with van der Waals surface area (Å²) in [6.07, 6.45) is 5.37. The van der Waals surface area contributed by atoms with E-state index in [0.717, 1.165) is 12.5 Å². The van der Waals surface area contributed by atoms with E-state index >= 15 is 0 Å². The molecule has 1 aliphatic heterocycles. The molecule has 1 atom stereocenters. The van der Waals surface area contributed by atoms with E-state index in [1.165, 1.54) is 42.3 Å². The molecule has 1 aromatic heterocycles. The maximum absolute atomic E-state index is 3.71. The largest absolute Gasteiger partial charge is 0.357 e. The van der Waals surface area contributed by atoms with Crippen molar-refractivity contribution >= 4 is 10.9 Å². The maximum Gasteiger partial charge on any atom is 0.0504 e. The van der Waals surface area contributed by atoms with E-state index in [1.54, 1.807) is 5.56 Å². The molecule has 88 valence electrons. The summed E-state index contributed by atoms with van der Waals surface area (Å²) in [5.74, 6) is 0.863. The van der Waals surface area contributed by atoms with Crippen LogP contribution in [-0.4, -0.2) is 11.5 Å². The molecule has 2 aliphatic rings. The van der Waals surface area contributed by atoms with Crippen molar-refractivity contribution in [1.82, 2.24) is 10.3 Å². The molecule has 2 aromatic rings. The highest BCUT2D eigenvalue weighted by molar-refractivity contribution is 5.85. The van der Waals surface area contributed by atoms with Crippen molar-refractivity contribution in [1.29, 1.82) is 0 Å². The third-order valence-electron chi connectivity index (χ3n) is 4.52. The van der Waals surface area contributed by atoms with Crippen LogP contribution >= 0.6 is 0 Å². The Morgan fingerprint density at radius 3 is 2.82 bits per heavy atom. The van der Waals surface area contributed by atoms with Crippen LogP contribution < -0.4 is 5.32 Å². The van der Waals surface area contributed by atoms with Gasteiger partial charge in [0.05, 0.1) is 6.04 Å². The van der Waals surface area contributed by atoms with Gasteiger partial charge >= 0.3 is 0 Å². The second-order valence-corrected chi connectivity index (χ2v) is 5.44. The van der Waals surface area contributed by atoms with Gasteiger partial charge in [0.25, 0.3) is 0 Å². The lowest BCUT2D eigenvalue weighted by Gasteiger charge is -2.36. The van der Waals surface area contributed by atoms with Gasteiger partial charge in [-0.1, -0.05) is 24.6 Å². The summed E-state index contributed by atoms with van der Waals surface area (Å²) in [7, 11) is 0. The molecule has 2 heterocycles. The number of para-hydroxylation sites is 1. The molecule has 0 spiro atoms. The summed E-state index contributed by atoms with van der Waals surface area (Å²) >= 11 is 0. The van der Waals surface area contributed by atoms with E-state index in [1.807, 2.05) is 0 Å². The van der Waals surface area contributed by atoms with Crippen molar-refractivity contribution in [2.75, 3.05) is 6.54 Å². The number of rotatable bonds is 1. The van der Waals surface area contributed by atoms with Crippen LogP contribution in [0.1, 0.15) is 36.6 Å². The third kappa shape index (κ3) is 1.37. The lowest BCUT2D eigenvalue weighted by molar-refractivity contribution is 0.222. The number of hydrogen-bond donors (Lipinski definition) is 2. The van der Waals surface area contributed by atoms with Gasteiger partial charge in [-0.2, -0.15) is 0 Å². The molecule has 17 heavy (non-hydrogen) atoms. The quantitative estimate of drug-likeness (QED) is 0.768. The van der Waals surface area contributed by atoms with E-state index in [9.17, 15) is 0 Å². The van der Waals surface area contributed by atoms with E-state index < -0.39 is 0 Å². The zero-order valence-electron chi connectivity index (χ0n) is 10.00. The Bertz CT molecular complexity index is 551. The second-order valence-electron chi connectivity index (χ2n) is 5.44. The van der Waals surface area contributed by atoms with Crippen molar-refractivity contribution in [3.63, 3.8) is 0 Å². The lowest BCUT2D eigenvalue weighted by atomic mass is 9.76. The average Bonchev–Trinajstić information content (AvgIpc) is 2.67. The minimum absolute atomic E-state index is 0.583. The third-order valence-corrected chi connectivity index (χ3v) is 4.52. The molecule has 0 saturated heterocycles. The number of nitrogens with one attached hydrogen (secondary N) is 2. The Labute approximate surface area is 101 Å². The van der Waals surface area contributed by atoms with Crippen molar-refractivity contribution < 1.29 is 0 Å². The SMILES string of the molecule is c1ccc2c3c([nH]c2c1)C(C1CCC1)NCC3. The molecule has 1 aliphatic carbocycles. The van der Waals surface area contributed by atoms with Gasteiger partial charge < -0.3 is 10.3 Å². The molecule has 4 rings (SSSR count). The molecule has 0 amide bonds. The molecule has 1 aromatic carbocycles. The van der Waals surface area contributed by atoms with Crippen LogP contribution in [0.15, 0.2) is 24.3 Å². The average molecular weight is 226 g/mol. The van der Waals surface area contributed by atoms with Gasteiger partial charge in [-0.3, -0.25) is 0 Å². The Balaban J connectivity index is 1.86. The zero-order valence-corrected chi connectivity index (χ0v) is 10.00. The Kier molecular flexibility index (Phi) is 2.06. The highest BCUT2D eigenvalue weighted by Crippen LogP contribution is 2.41. The summed E-state index contributed by atoms with van der Waals surface area (Å²) in [5, 5.41) is 5.15. The Morgan fingerprint density at radius 1 is 1.12 bits per heavy atom. The van der Waals surface area contributed by atoms with Crippen molar-refractivity contribution in [3.05, 3.63) is 35.5 Å². The molecule has 0 radical (unpaired) electrons. The normalized spacial score (nSPS) is 24.6. The van der Waals surface area contributed by atoms with E-state index in [4.69, 9.17) is 0 Å². The Hall–Kier alpha value is -1.28. The fraction of sp³-hybridized carbons (Fsp3) is 0.467. The van der Waals surface area contributed by atoms with Crippen LogP contribution in [0.5, 0.6) is 0 Å². The summed E-state index contributed by atoms with van der Waals surface area (Å²) in [5.41, 5.74) is 4.35. The fourth-order valence-electron chi connectivity index (χ4n) is 3.39. The van der Waals surface area contributed by atoms with Gasteiger partial charge in [-0.15, -0.1) is 0 Å². The number of hydrogen-bond acceptors (Lipinski definition) is 1. The van der Waals surface area contributed by atoms with Crippen LogP contribution in [0.4, 0.5) is 0 Å².